The predicted molar refractivity (Wildman–Crippen MR) is 107 cm³/mol. The van der Waals surface area contributed by atoms with Crippen LogP contribution in [-0.2, 0) is 13.0 Å². The van der Waals surface area contributed by atoms with Crippen molar-refractivity contribution in [3.63, 3.8) is 0 Å². The molecule has 7 heteroatoms. The van der Waals surface area contributed by atoms with Crippen molar-refractivity contribution >= 4 is 29.7 Å². The van der Waals surface area contributed by atoms with Crippen LogP contribution >= 0.6 is 23.7 Å². The van der Waals surface area contributed by atoms with Gasteiger partial charge in [0.15, 0.2) is 0 Å². The van der Waals surface area contributed by atoms with Gasteiger partial charge >= 0.3 is 0 Å². The molecule has 1 unspecified atom stereocenters. The smallest absolute Gasteiger partial charge is 0.255 e. The molecule has 1 atom stereocenters. The fourth-order valence-corrected chi connectivity index (χ4v) is 4.16. The molecule has 0 radical (unpaired) electrons. The maximum absolute atomic E-state index is 12.9. The second kappa shape index (κ2) is 10.0. The van der Waals surface area contributed by atoms with E-state index in [0.29, 0.717) is 24.6 Å². The van der Waals surface area contributed by atoms with Crippen molar-refractivity contribution in [2.75, 3.05) is 26.2 Å². The van der Waals surface area contributed by atoms with Gasteiger partial charge in [0.1, 0.15) is 0 Å². The van der Waals surface area contributed by atoms with Gasteiger partial charge in [0, 0.05) is 28.7 Å². The number of carbonyl (C=O) groups is 1. The highest BCUT2D eigenvalue weighted by molar-refractivity contribution is 7.11. The van der Waals surface area contributed by atoms with Crippen LogP contribution in [-0.4, -0.2) is 47.1 Å². The molecule has 0 bridgehead atoms. The molecule has 2 aromatic heterocycles. The molecule has 0 aliphatic carbocycles. The zero-order chi connectivity index (χ0) is 17.6. The van der Waals surface area contributed by atoms with Gasteiger partial charge < -0.3 is 15.3 Å². The van der Waals surface area contributed by atoms with Crippen LogP contribution < -0.4 is 5.32 Å². The molecule has 1 amide bonds. The summed E-state index contributed by atoms with van der Waals surface area (Å²) in [5.74, 6) is 0.550. The number of hydrogen-bond acceptors (Lipinski definition) is 5. The Hall–Kier alpha value is -1.47. The van der Waals surface area contributed by atoms with Gasteiger partial charge in [-0.2, -0.15) is 0 Å². The van der Waals surface area contributed by atoms with Crippen LogP contribution in [0.1, 0.15) is 32.1 Å². The molecule has 142 valence electrons. The highest BCUT2D eigenvalue weighted by Crippen LogP contribution is 2.19. The molecular formula is C19H26ClN3O2S. The molecule has 0 spiro atoms. The third kappa shape index (κ3) is 5.51. The van der Waals surface area contributed by atoms with E-state index < -0.39 is 0 Å². The van der Waals surface area contributed by atoms with Crippen LogP contribution in [0.2, 0.25) is 0 Å². The fourth-order valence-electron chi connectivity index (χ4n) is 3.25. The average molecular weight is 396 g/mol. The molecule has 3 heterocycles. The summed E-state index contributed by atoms with van der Waals surface area (Å²) in [5, 5.41) is 12.7. The predicted octanol–water partition coefficient (Wildman–Crippen LogP) is 2.66. The normalized spacial score (nSPS) is 16.3. The van der Waals surface area contributed by atoms with Gasteiger partial charge in [0.05, 0.1) is 18.7 Å². The topological polar surface area (TPSA) is 65.5 Å². The first kappa shape index (κ1) is 20.8. The Kier molecular flexibility index (Phi) is 8.03. The Morgan fingerprint density at radius 2 is 2.27 bits per heavy atom. The first-order valence-electron chi connectivity index (χ1n) is 8.76. The summed E-state index contributed by atoms with van der Waals surface area (Å²) in [6, 6.07) is 6.05. The zero-order valence-corrected chi connectivity index (χ0v) is 16.6. The van der Waals surface area contributed by atoms with Crippen molar-refractivity contribution in [2.45, 2.75) is 26.3 Å². The van der Waals surface area contributed by atoms with E-state index >= 15 is 0 Å². The number of halogens is 1. The van der Waals surface area contributed by atoms with E-state index in [2.05, 4.69) is 23.3 Å². The standard InChI is InChI=1S/C19H25N3O2S.ClH/c1-14-2-3-18(25-14)13-22(6-7-23)19(24)17-9-16(11-21-12-17)8-15-4-5-20-10-15;/h2-3,9,11-12,15,20,23H,4-8,10,13H2,1H3;1H. The number of nitrogens with one attached hydrogen (secondary N) is 1. The van der Waals surface area contributed by atoms with E-state index in [-0.39, 0.29) is 24.9 Å². The molecule has 5 nitrogen and oxygen atoms in total. The average Bonchev–Trinajstić information content (AvgIpc) is 3.26. The third-order valence-corrected chi connectivity index (χ3v) is 5.51. The van der Waals surface area contributed by atoms with Crippen molar-refractivity contribution in [1.29, 1.82) is 0 Å². The quantitative estimate of drug-likeness (QED) is 0.756. The van der Waals surface area contributed by atoms with E-state index in [0.717, 1.165) is 30.0 Å². The summed E-state index contributed by atoms with van der Waals surface area (Å²) in [5.41, 5.74) is 1.71. The summed E-state index contributed by atoms with van der Waals surface area (Å²) >= 11 is 1.68. The first-order valence-corrected chi connectivity index (χ1v) is 9.57. The van der Waals surface area contributed by atoms with Gasteiger partial charge in [0.25, 0.3) is 5.91 Å². The number of pyridine rings is 1. The van der Waals surface area contributed by atoms with Gasteiger partial charge in [-0.15, -0.1) is 23.7 Å². The lowest BCUT2D eigenvalue weighted by molar-refractivity contribution is 0.0709. The van der Waals surface area contributed by atoms with Crippen LogP contribution in [0.15, 0.2) is 30.6 Å². The van der Waals surface area contributed by atoms with Crippen molar-refractivity contribution in [3.05, 3.63) is 51.5 Å². The number of aryl methyl sites for hydroxylation is 1. The Labute approximate surface area is 164 Å². The third-order valence-electron chi connectivity index (χ3n) is 4.53. The first-order chi connectivity index (χ1) is 12.2. The van der Waals surface area contributed by atoms with E-state index in [1.807, 2.05) is 18.3 Å². The number of amides is 1. The number of carbonyl (C=O) groups excluding carboxylic acids is 1. The lowest BCUT2D eigenvalue weighted by atomic mass is 9.99. The van der Waals surface area contributed by atoms with Crippen molar-refractivity contribution < 1.29 is 9.90 Å². The number of nitrogens with zero attached hydrogens (tertiary/aromatic N) is 2. The number of aliphatic hydroxyl groups excluding tert-OH is 1. The minimum atomic E-state index is -0.0704. The van der Waals surface area contributed by atoms with Crippen molar-refractivity contribution in [3.8, 4) is 0 Å². The maximum Gasteiger partial charge on any atom is 0.255 e. The Bertz CT molecular complexity index is 716. The molecule has 1 aliphatic rings. The molecule has 2 N–H and O–H groups in total. The Morgan fingerprint density at radius 1 is 1.42 bits per heavy atom. The second-order valence-electron chi connectivity index (χ2n) is 6.61. The van der Waals surface area contributed by atoms with Crippen molar-refractivity contribution in [2.24, 2.45) is 5.92 Å². The lowest BCUT2D eigenvalue weighted by Crippen LogP contribution is -2.33. The summed E-state index contributed by atoms with van der Waals surface area (Å²) in [4.78, 5) is 21.2. The monoisotopic (exact) mass is 395 g/mol. The molecule has 0 aromatic carbocycles. The molecule has 1 saturated heterocycles. The Morgan fingerprint density at radius 3 is 2.92 bits per heavy atom. The highest BCUT2D eigenvalue weighted by Gasteiger charge is 2.19. The molecule has 2 aromatic rings. The molecule has 0 saturated carbocycles. The van der Waals surface area contributed by atoms with Crippen molar-refractivity contribution in [1.82, 2.24) is 15.2 Å². The maximum atomic E-state index is 12.9. The summed E-state index contributed by atoms with van der Waals surface area (Å²) < 4.78 is 0. The minimum Gasteiger partial charge on any atom is -0.395 e. The van der Waals surface area contributed by atoms with E-state index in [1.165, 1.54) is 11.3 Å². The number of aliphatic hydroxyl groups is 1. The minimum absolute atomic E-state index is 0. The number of hydrogen-bond donors (Lipinski definition) is 2. The van der Waals surface area contributed by atoms with Gasteiger partial charge in [0.2, 0.25) is 0 Å². The van der Waals surface area contributed by atoms with E-state index in [9.17, 15) is 9.90 Å². The largest absolute Gasteiger partial charge is 0.395 e. The molecule has 3 rings (SSSR count). The number of rotatable bonds is 7. The van der Waals surface area contributed by atoms with Crippen LogP contribution in [0, 0.1) is 12.8 Å². The highest BCUT2D eigenvalue weighted by atomic mass is 35.5. The van der Waals surface area contributed by atoms with Crippen LogP contribution in [0.4, 0.5) is 0 Å². The SMILES string of the molecule is Cc1ccc(CN(CCO)C(=O)c2cncc(CC3CCNC3)c2)s1.Cl. The lowest BCUT2D eigenvalue weighted by Gasteiger charge is -2.21. The van der Waals surface area contributed by atoms with Gasteiger partial charge in [-0.05, 0) is 62.5 Å². The summed E-state index contributed by atoms with van der Waals surface area (Å²) in [7, 11) is 0. The van der Waals surface area contributed by atoms with Crippen LogP contribution in [0.25, 0.3) is 0 Å². The van der Waals surface area contributed by atoms with Crippen LogP contribution in [0.5, 0.6) is 0 Å². The fraction of sp³-hybridized carbons (Fsp3) is 0.474. The number of aromatic nitrogens is 1. The molecule has 26 heavy (non-hydrogen) atoms. The zero-order valence-electron chi connectivity index (χ0n) is 15.0. The summed E-state index contributed by atoms with van der Waals surface area (Å²) in [6.07, 6.45) is 5.61. The van der Waals surface area contributed by atoms with Gasteiger partial charge in [-0.1, -0.05) is 0 Å². The second-order valence-corrected chi connectivity index (χ2v) is 7.98. The molecular weight excluding hydrogens is 370 g/mol. The Balaban J connectivity index is 0.00000243. The van der Waals surface area contributed by atoms with E-state index in [1.54, 1.807) is 22.4 Å². The van der Waals surface area contributed by atoms with Crippen LogP contribution in [0.3, 0.4) is 0 Å². The molecule has 1 fully saturated rings. The summed E-state index contributed by atoms with van der Waals surface area (Å²) in [6.45, 7) is 4.96. The molecule has 1 aliphatic heterocycles. The van der Waals surface area contributed by atoms with E-state index in [4.69, 9.17) is 0 Å². The van der Waals surface area contributed by atoms with Gasteiger partial charge in [-0.25, -0.2) is 0 Å². The number of thiophene rings is 1. The van der Waals surface area contributed by atoms with Gasteiger partial charge in [-0.3, -0.25) is 9.78 Å².